The van der Waals surface area contributed by atoms with Gasteiger partial charge in [0.05, 0.1) is 0 Å². The predicted molar refractivity (Wildman–Crippen MR) is 56.3 cm³/mol. The SMILES string of the molecule is CC.CC.CCCNC(=O)CC. The number of hydrogen-bond donors (Lipinski definition) is 1. The monoisotopic (exact) mass is 175 g/mol. The van der Waals surface area contributed by atoms with Crippen molar-refractivity contribution in [3.8, 4) is 0 Å². The van der Waals surface area contributed by atoms with Crippen molar-refractivity contribution < 1.29 is 4.79 Å². The highest BCUT2D eigenvalue weighted by molar-refractivity contribution is 5.75. The fourth-order valence-corrected chi connectivity index (χ4v) is 0.389. The van der Waals surface area contributed by atoms with E-state index in [1.165, 1.54) is 0 Å². The highest BCUT2D eigenvalue weighted by Gasteiger charge is 1.90. The average Bonchev–Trinajstić information content (AvgIpc) is 2.20. The first-order chi connectivity index (χ1) is 5.81. The van der Waals surface area contributed by atoms with Crippen LogP contribution in [0.4, 0.5) is 0 Å². The minimum absolute atomic E-state index is 0.145. The third kappa shape index (κ3) is 22.7. The van der Waals surface area contributed by atoms with Gasteiger partial charge in [0.25, 0.3) is 0 Å². The quantitative estimate of drug-likeness (QED) is 0.702. The molecule has 0 atom stereocenters. The van der Waals surface area contributed by atoms with Crippen molar-refractivity contribution in [1.29, 1.82) is 0 Å². The first-order valence-electron chi connectivity index (χ1n) is 5.08. The Balaban J connectivity index is -0.000000175. The van der Waals surface area contributed by atoms with E-state index >= 15 is 0 Å². The van der Waals surface area contributed by atoms with Gasteiger partial charge in [-0.2, -0.15) is 0 Å². The zero-order chi connectivity index (χ0) is 10.4. The van der Waals surface area contributed by atoms with Gasteiger partial charge in [-0.3, -0.25) is 4.79 Å². The van der Waals surface area contributed by atoms with Crippen molar-refractivity contribution in [2.24, 2.45) is 0 Å². The van der Waals surface area contributed by atoms with Gasteiger partial charge in [0.1, 0.15) is 0 Å². The summed E-state index contributed by atoms with van der Waals surface area (Å²) < 4.78 is 0. The Morgan fingerprint density at radius 2 is 1.50 bits per heavy atom. The van der Waals surface area contributed by atoms with E-state index in [-0.39, 0.29) is 5.91 Å². The van der Waals surface area contributed by atoms with Crippen molar-refractivity contribution in [3.63, 3.8) is 0 Å². The van der Waals surface area contributed by atoms with Crippen LogP contribution in [0, 0.1) is 0 Å². The molecule has 0 aromatic rings. The van der Waals surface area contributed by atoms with Crippen LogP contribution in [0.25, 0.3) is 0 Å². The Kier molecular flexibility index (Phi) is 32.8. The van der Waals surface area contributed by atoms with Crippen LogP contribution >= 0.6 is 0 Å². The molecule has 2 heteroatoms. The van der Waals surface area contributed by atoms with Gasteiger partial charge in [-0.25, -0.2) is 0 Å². The average molecular weight is 175 g/mol. The van der Waals surface area contributed by atoms with Crippen LogP contribution in [-0.4, -0.2) is 12.5 Å². The van der Waals surface area contributed by atoms with Gasteiger partial charge in [0.15, 0.2) is 0 Å². The van der Waals surface area contributed by atoms with Gasteiger partial charge >= 0.3 is 0 Å². The zero-order valence-corrected chi connectivity index (χ0v) is 9.53. The van der Waals surface area contributed by atoms with Gasteiger partial charge < -0.3 is 5.32 Å². The Hall–Kier alpha value is -0.530. The first kappa shape index (κ1) is 17.5. The minimum Gasteiger partial charge on any atom is -0.356 e. The standard InChI is InChI=1S/C6H13NO.2C2H6/c1-3-5-7-6(8)4-2;2*1-2/h3-5H2,1-2H3,(H,7,8);2*1-2H3. The molecule has 0 rings (SSSR count). The summed E-state index contributed by atoms with van der Waals surface area (Å²) in [7, 11) is 0. The van der Waals surface area contributed by atoms with Gasteiger partial charge in [-0.05, 0) is 6.42 Å². The molecule has 2 nitrogen and oxygen atoms in total. The molecular weight excluding hydrogens is 150 g/mol. The van der Waals surface area contributed by atoms with Crippen molar-refractivity contribution in [3.05, 3.63) is 0 Å². The molecule has 0 fully saturated rings. The van der Waals surface area contributed by atoms with Crippen molar-refractivity contribution >= 4 is 5.91 Å². The number of nitrogens with one attached hydrogen (secondary N) is 1. The number of carbonyl (C=O) groups excluding carboxylic acids is 1. The molecule has 1 N–H and O–H groups in total. The molecule has 76 valence electrons. The lowest BCUT2D eigenvalue weighted by atomic mass is 10.4. The molecule has 0 aromatic heterocycles. The predicted octanol–water partition coefficient (Wildman–Crippen LogP) is 2.98. The van der Waals surface area contributed by atoms with Crippen molar-refractivity contribution in [2.45, 2.75) is 54.4 Å². The lowest BCUT2D eigenvalue weighted by molar-refractivity contribution is -0.120. The molecule has 0 radical (unpaired) electrons. The number of hydrogen-bond acceptors (Lipinski definition) is 1. The van der Waals surface area contributed by atoms with Gasteiger partial charge in [0.2, 0.25) is 5.91 Å². The maximum absolute atomic E-state index is 10.5. The smallest absolute Gasteiger partial charge is 0.219 e. The molecule has 1 amide bonds. The fourth-order valence-electron chi connectivity index (χ4n) is 0.389. The minimum atomic E-state index is 0.145. The maximum atomic E-state index is 10.5. The Bertz CT molecular complexity index is 72.2. The van der Waals surface area contributed by atoms with E-state index in [1.54, 1.807) is 0 Å². The second kappa shape index (κ2) is 22.4. The van der Waals surface area contributed by atoms with Crippen LogP contribution in [0.15, 0.2) is 0 Å². The number of amides is 1. The Labute approximate surface area is 77.7 Å². The summed E-state index contributed by atoms with van der Waals surface area (Å²) in [6, 6.07) is 0. The Morgan fingerprint density at radius 3 is 1.75 bits per heavy atom. The second-order valence-corrected chi connectivity index (χ2v) is 1.70. The summed E-state index contributed by atoms with van der Waals surface area (Å²) >= 11 is 0. The van der Waals surface area contributed by atoms with Crippen LogP contribution in [0.1, 0.15) is 54.4 Å². The molecule has 0 aromatic carbocycles. The van der Waals surface area contributed by atoms with E-state index in [2.05, 4.69) is 5.32 Å². The van der Waals surface area contributed by atoms with Crippen molar-refractivity contribution in [2.75, 3.05) is 6.54 Å². The van der Waals surface area contributed by atoms with Crippen LogP contribution in [-0.2, 0) is 4.79 Å². The van der Waals surface area contributed by atoms with E-state index in [9.17, 15) is 4.79 Å². The summed E-state index contributed by atoms with van der Waals surface area (Å²) in [4.78, 5) is 10.5. The number of carbonyl (C=O) groups is 1. The molecular formula is C10H25NO. The summed E-state index contributed by atoms with van der Waals surface area (Å²) in [5.41, 5.74) is 0. The largest absolute Gasteiger partial charge is 0.356 e. The summed E-state index contributed by atoms with van der Waals surface area (Å²) in [6.45, 7) is 12.7. The topological polar surface area (TPSA) is 29.1 Å². The first-order valence-corrected chi connectivity index (χ1v) is 5.08. The normalized spacial score (nSPS) is 6.83. The zero-order valence-electron chi connectivity index (χ0n) is 9.53. The van der Waals surface area contributed by atoms with Crippen LogP contribution < -0.4 is 5.32 Å². The molecule has 12 heavy (non-hydrogen) atoms. The highest BCUT2D eigenvalue weighted by atomic mass is 16.1. The van der Waals surface area contributed by atoms with E-state index in [0.717, 1.165) is 13.0 Å². The number of rotatable bonds is 3. The van der Waals surface area contributed by atoms with Crippen LogP contribution in [0.3, 0.4) is 0 Å². The third-order valence-electron chi connectivity index (χ3n) is 0.893. The highest BCUT2D eigenvalue weighted by Crippen LogP contribution is 1.75. The van der Waals surface area contributed by atoms with E-state index in [1.807, 2.05) is 41.5 Å². The van der Waals surface area contributed by atoms with E-state index in [0.29, 0.717) is 6.42 Å². The van der Waals surface area contributed by atoms with Crippen LogP contribution in [0.2, 0.25) is 0 Å². The molecule has 0 aliphatic carbocycles. The lowest BCUT2D eigenvalue weighted by Crippen LogP contribution is -2.22. The second-order valence-electron chi connectivity index (χ2n) is 1.70. The van der Waals surface area contributed by atoms with Gasteiger partial charge in [-0.1, -0.05) is 41.5 Å². The summed E-state index contributed by atoms with van der Waals surface area (Å²) in [5.74, 6) is 0.145. The summed E-state index contributed by atoms with van der Waals surface area (Å²) in [6.07, 6.45) is 1.62. The molecule has 0 saturated carbocycles. The van der Waals surface area contributed by atoms with Gasteiger partial charge in [0, 0.05) is 13.0 Å². The van der Waals surface area contributed by atoms with Crippen LogP contribution in [0.5, 0.6) is 0 Å². The molecule has 0 aliphatic heterocycles. The molecule has 0 saturated heterocycles. The van der Waals surface area contributed by atoms with Gasteiger partial charge in [-0.15, -0.1) is 0 Å². The van der Waals surface area contributed by atoms with E-state index in [4.69, 9.17) is 0 Å². The molecule has 0 aliphatic rings. The Morgan fingerprint density at radius 1 is 1.08 bits per heavy atom. The molecule has 0 unspecified atom stereocenters. The lowest BCUT2D eigenvalue weighted by Gasteiger charge is -1.97. The maximum Gasteiger partial charge on any atom is 0.219 e. The third-order valence-corrected chi connectivity index (χ3v) is 0.893. The van der Waals surface area contributed by atoms with E-state index < -0.39 is 0 Å². The fraction of sp³-hybridized carbons (Fsp3) is 0.900. The van der Waals surface area contributed by atoms with Crippen molar-refractivity contribution in [1.82, 2.24) is 5.32 Å². The molecule has 0 spiro atoms. The summed E-state index contributed by atoms with van der Waals surface area (Å²) in [5, 5.41) is 2.74. The molecule has 0 bridgehead atoms. The molecule has 0 heterocycles.